The van der Waals surface area contributed by atoms with Crippen molar-refractivity contribution in [2.45, 2.75) is 24.8 Å². The minimum absolute atomic E-state index is 0.0775. The molecule has 0 spiro atoms. The molecule has 0 saturated heterocycles. The summed E-state index contributed by atoms with van der Waals surface area (Å²) >= 11 is 0. The molecule has 0 atom stereocenters. The third-order valence-corrected chi connectivity index (χ3v) is 4.91. The fourth-order valence-corrected chi connectivity index (χ4v) is 3.54. The Morgan fingerprint density at radius 2 is 1.19 bits per heavy atom. The molecule has 31 heavy (non-hydrogen) atoms. The van der Waals surface area contributed by atoms with Crippen molar-refractivity contribution in [3.05, 3.63) is 71.3 Å². The number of nitrogens with zero attached hydrogens (tertiary/aromatic N) is 3. The van der Waals surface area contributed by atoms with Gasteiger partial charge >= 0.3 is 23.7 Å². The van der Waals surface area contributed by atoms with Gasteiger partial charge in [0.2, 0.25) is 5.70 Å². The lowest BCUT2D eigenvalue weighted by Gasteiger charge is -2.27. The third-order valence-electron chi connectivity index (χ3n) is 4.91. The minimum atomic E-state index is -5.84. The average molecular weight is 445 g/mol. The topological polar surface area (TPSA) is 30.6 Å². The molecule has 0 bridgehead atoms. The maximum atomic E-state index is 13.8. The van der Waals surface area contributed by atoms with E-state index in [1.807, 2.05) is 0 Å². The van der Waals surface area contributed by atoms with Crippen molar-refractivity contribution in [3.8, 4) is 0 Å². The predicted octanol–water partition coefficient (Wildman–Crippen LogP) is 5.64. The lowest BCUT2D eigenvalue weighted by atomic mass is 9.97. The zero-order valence-electron chi connectivity index (χ0n) is 15.5. The smallest absolute Gasteiger partial charge is 0.207 e. The van der Waals surface area contributed by atoms with Gasteiger partial charge in [0.15, 0.2) is 0 Å². The molecular formula is C20H11F8N3+. The molecular weight excluding hydrogens is 434 g/mol. The van der Waals surface area contributed by atoms with Crippen LogP contribution in [0.4, 0.5) is 35.1 Å². The van der Waals surface area contributed by atoms with E-state index in [0.29, 0.717) is 4.90 Å². The largest absolute Gasteiger partial charge is 0.434 e. The maximum absolute atomic E-state index is 13.8. The number of hydrogen-bond donors (Lipinski definition) is 0. The van der Waals surface area contributed by atoms with Crippen LogP contribution in [0.5, 0.6) is 0 Å². The van der Waals surface area contributed by atoms with Gasteiger partial charge in [-0.2, -0.15) is 36.3 Å². The van der Waals surface area contributed by atoms with E-state index in [-0.39, 0.29) is 22.5 Å². The van der Waals surface area contributed by atoms with Gasteiger partial charge in [0.05, 0.1) is 0 Å². The fraction of sp³-hybridized carbons (Fsp3) is 0.200. The monoisotopic (exact) mass is 445 g/mol. The number of hydrogen-bond acceptors (Lipinski definition) is 3. The summed E-state index contributed by atoms with van der Waals surface area (Å²) in [5, 5.41) is 0. The molecule has 0 saturated carbocycles. The molecule has 0 amide bonds. The van der Waals surface area contributed by atoms with Gasteiger partial charge < -0.3 is 0 Å². The number of fused-ring (bicyclic) bond motifs is 1. The standard InChI is InChI=1S/C20H11F8N3/c1-10-30-18(19(23,24)25,20(26,27)28)17-29-15(11-2-6-13(21)7-3-11)16(31(10)17)12-4-8-14(22)9-5-12/h2-9H,1H3/q+1. The Bertz CT molecular complexity index is 1110. The maximum Gasteiger partial charge on any atom is 0.434 e. The summed E-state index contributed by atoms with van der Waals surface area (Å²) in [6.07, 6.45) is -11.7. The molecule has 0 unspecified atom stereocenters. The first-order valence-corrected chi connectivity index (χ1v) is 8.72. The summed E-state index contributed by atoms with van der Waals surface area (Å²) in [5.41, 5.74) is -4.80. The van der Waals surface area contributed by atoms with Crippen LogP contribution in [0.2, 0.25) is 0 Å². The van der Waals surface area contributed by atoms with Gasteiger partial charge in [-0.1, -0.05) is 0 Å². The Kier molecular flexibility index (Phi) is 4.58. The molecule has 2 aromatic carbocycles. The van der Waals surface area contributed by atoms with Gasteiger partial charge in [0.1, 0.15) is 17.3 Å². The predicted molar refractivity (Wildman–Crippen MR) is 97.1 cm³/mol. The van der Waals surface area contributed by atoms with Crippen LogP contribution < -0.4 is 4.90 Å². The van der Waals surface area contributed by atoms with Gasteiger partial charge in [-0.05, 0) is 53.4 Å². The molecule has 2 aliphatic rings. The molecule has 2 aliphatic heterocycles. The van der Waals surface area contributed by atoms with Crippen LogP contribution in [-0.2, 0) is 0 Å². The van der Waals surface area contributed by atoms with Crippen molar-refractivity contribution in [1.82, 2.24) is 4.90 Å². The second-order valence-corrected chi connectivity index (χ2v) is 6.85. The van der Waals surface area contributed by atoms with Crippen LogP contribution in [-0.4, -0.2) is 29.6 Å². The number of benzene rings is 2. The normalized spacial score (nSPS) is 18.9. The van der Waals surface area contributed by atoms with Crippen molar-refractivity contribution in [1.29, 1.82) is 0 Å². The second kappa shape index (κ2) is 6.71. The van der Waals surface area contributed by atoms with E-state index in [9.17, 15) is 35.1 Å². The number of amidine groups is 2. The van der Waals surface area contributed by atoms with E-state index in [0.717, 1.165) is 31.2 Å². The van der Waals surface area contributed by atoms with Crippen LogP contribution in [0.3, 0.4) is 0 Å². The first-order valence-electron chi connectivity index (χ1n) is 8.72. The third kappa shape index (κ3) is 3.06. The van der Waals surface area contributed by atoms with E-state index in [4.69, 9.17) is 0 Å². The molecule has 2 aromatic rings. The minimum Gasteiger partial charge on any atom is -0.207 e. The molecule has 0 aliphatic carbocycles. The molecule has 4 rings (SSSR count). The van der Waals surface area contributed by atoms with Gasteiger partial charge in [-0.25, -0.2) is 8.78 Å². The summed E-state index contributed by atoms with van der Waals surface area (Å²) in [6.45, 7) is 0.992. The Morgan fingerprint density at radius 3 is 1.65 bits per heavy atom. The van der Waals surface area contributed by atoms with Crippen molar-refractivity contribution < 1.29 is 35.1 Å². The number of rotatable bonds is 2. The molecule has 11 heteroatoms. The Labute approximate surface area is 170 Å². The molecule has 0 fully saturated rings. The summed E-state index contributed by atoms with van der Waals surface area (Å²) in [5.74, 6) is -3.29. The van der Waals surface area contributed by atoms with E-state index in [2.05, 4.69) is 9.98 Å². The Balaban J connectivity index is 2.01. The van der Waals surface area contributed by atoms with E-state index < -0.39 is 41.2 Å². The van der Waals surface area contributed by atoms with Crippen LogP contribution in [0.1, 0.15) is 18.1 Å². The van der Waals surface area contributed by atoms with Crippen LogP contribution in [0.15, 0.2) is 58.5 Å². The average Bonchev–Trinajstić information content (AvgIpc) is 3.19. The summed E-state index contributed by atoms with van der Waals surface area (Å²) < 4.78 is 110. The number of alkyl halides is 6. The van der Waals surface area contributed by atoms with Crippen LogP contribution >= 0.6 is 0 Å². The van der Waals surface area contributed by atoms with Crippen molar-refractivity contribution in [2.24, 2.45) is 9.98 Å². The molecule has 3 nitrogen and oxygen atoms in total. The van der Waals surface area contributed by atoms with Gasteiger partial charge in [-0.15, -0.1) is 0 Å². The van der Waals surface area contributed by atoms with Gasteiger partial charge in [-0.3, -0.25) is 0 Å². The summed E-state index contributed by atoms with van der Waals surface area (Å²) in [4.78, 5) is 7.35. The van der Waals surface area contributed by atoms with E-state index in [1.54, 1.807) is 0 Å². The molecule has 0 N–H and O–H groups in total. The van der Waals surface area contributed by atoms with Gasteiger partial charge in [0.25, 0.3) is 5.84 Å². The highest BCUT2D eigenvalue weighted by atomic mass is 19.4. The summed E-state index contributed by atoms with van der Waals surface area (Å²) in [7, 11) is 0. The SMILES string of the molecule is CC1=NC(C(F)(F)F)(C(F)(F)F)C2=NC(c3ccc(F)cc3)=C(c3ccc(F)cc3)[N+]12. The Morgan fingerprint density at radius 1 is 0.742 bits per heavy atom. The van der Waals surface area contributed by atoms with Crippen molar-refractivity contribution in [2.75, 3.05) is 0 Å². The number of halogens is 8. The quantitative estimate of drug-likeness (QED) is 0.423. The second-order valence-electron chi connectivity index (χ2n) is 6.85. The molecule has 0 aromatic heterocycles. The van der Waals surface area contributed by atoms with Gasteiger partial charge in [0, 0.05) is 18.1 Å². The molecule has 2 heterocycles. The lowest BCUT2D eigenvalue weighted by molar-refractivity contribution is -0.270. The highest BCUT2D eigenvalue weighted by molar-refractivity contribution is 6.27. The highest BCUT2D eigenvalue weighted by Crippen LogP contribution is 2.53. The van der Waals surface area contributed by atoms with Crippen molar-refractivity contribution >= 4 is 23.1 Å². The van der Waals surface area contributed by atoms with Crippen molar-refractivity contribution in [3.63, 3.8) is 0 Å². The van der Waals surface area contributed by atoms with Crippen LogP contribution in [0, 0.1) is 11.6 Å². The highest BCUT2D eigenvalue weighted by Gasteiger charge is 2.83. The zero-order valence-corrected chi connectivity index (χ0v) is 15.5. The van der Waals surface area contributed by atoms with E-state index >= 15 is 0 Å². The first-order chi connectivity index (χ1) is 14.4. The number of aliphatic imine (C=N–C) groups is 2. The zero-order chi connectivity index (χ0) is 22.8. The fourth-order valence-electron chi connectivity index (χ4n) is 3.54. The lowest BCUT2D eigenvalue weighted by Crippen LogP contribution is -2.61. The van der Waals surface area contributed by atoms with E-state index in [1.165, 1.54) is 24.3 Å². The molecule has 161 valence electrons. The summed E-state index contributed by atoms with van der Waals surface area (Å²) in [6, 6.07) is 8.75. The Hall–Kier alpha value is -3.08. The first kappa shape index (κ1) is 21.2. The molecule has 1 radical (unpaired) electrons. The van der Waals surface area contributed by atoms with Crippen LogP contribution in [0.25, 0.3) is 11.4 Å².